The normalized spacial score (nSPS) is 19.8. The second-order valence-electron chi connectivity index (χ2n) is 4.14. The average molecular weight is 295 g/mol. The number of carbonyl (C=O) groups is 1. The van der Waals surface area contributed by atoms with Gasteiger partial charge in [-0.05, 0) is 18.2 Å². The fraction of sp³-hybridized carbons (Fsp3) is 0.273. The van der Waals surface area contributed by atoms with Gasteiger partial charge in [0, 0.05) is 17.4 Å². The molecule has 1 fully saturated rings. The zero-order valence-electron chi connectivity index (χ0n) is 8.98. The van der Waals surface area contributed by atoms with Crippen LogP contribution in [0, 0.1) is 0 Å². The van der Waals surface area contributed by atoms with Crippen molar-refractivity contribution in [2.45, 2.75) is 12.5 Å². The van der Waals surface area contributed by atoms with E-state index >= 15 is 0 Å². The molecular formula is C11H11BrN4O. The monoisotopic (exact) mass is 294 g/mol. The summed E-state index contributed by atoms with van der Waals surface area (Å²) in [5, 5.41) is 2.81. The van der Waals surface area contributed by atoms with Crippen LogP contribution in [0.2, 0.25) is 0 Å². The smallest absolute Gasteiger partial charge is 0.222 e. The van der Waals surface area contributed by atoms with Crippen molar-refractivity contribution < 1.29 is 4.79 Å². The molecule has 0 radical (unpaired) electrons. The highest BCUT2D eigenvalue weighted by molar-refractivity contribution is 9.10. The summed E-state index contributed by atoms with van der Waals surface area (Å²) in [6.45, 7) is 0.616. The summed E-state index contributed by atoms with van der Waals surface area (Å²) in [5.74, 6) is 0.521. The van der Waals surface area contributed by atoms with Crippen molar-refractivity contribution in [3.05, 3.63) is 22.7 Å². The van der Waals surface area contributed by atoms with E-state index < -0.39 is 0 Å². The van der Waals surface area contributed by atoms with Gasteiger partial charge in [0.25, 0.3) is 0 Å². The van der Waals surface area contributed by atoms with E-state index in [1.807, 2.05) is 22.8 Å². The number of halogens is 1. The lowest BCUT2D eigenvalue weighted by Gasteiger charge is -2.12. The molecule has 2 aromatic rings. The van der Waals surface area contributed by atoms with Gasteiger partial charge in [0.15, 0.2) is 0 Å². The molecular weight excluding hydrogens is 284 g/mol. The molecule has 3 rings (SSSR count). The van der Waals surface area contributed by atoms with Crippen molar-refractivity contribution in [3.63, 3.8) is 0 Å². The van der Waals surface area contributed by atoms with Crippen LogP contribution in [-0.4, -0.2) is 22.0 Å². The molecule has 1 saturated heterocycles. The summed E-state index contributed by atoms with van der Waals surface area (Å²) in [6, 6.07) is 5.90. The standard InChI is InChI=1S/C11H11BrN4O/c12-6-1-2-9-8(3-6)15-11(13)16(9)7-4-10(17)14-5-7/h1-3,7H,4-5H2,(H2,13,15)(H,14,17). The molecule has 2 heterocycles. The number of amides is 1. The maximum Gasteiger partial charge on any atom is 0.222 e. The Hall–Kier alpha value is -1.56. The molecule has 0 bridgehead atoms. The van der Waals surface area contributed by atoms with E-state index in [1.54, 1.807) is 0 Å². The quantitative estimate of drug-likeness (QED) is 0.836. The number of hydrogen-bond donors (Lipinski definition) is 2. The predicted molar refractivity (Wildman–Crippen MR) is 68.5 cm³/mol. The Bertz CT molecular complexity index is 607. The Morgan fingerprint density at radius 2 is 2.35 bits per heavy atom. The lowest BCUT2D eigenvalue weighted by Crippen LogP contribution is -2.16. The predicted octanol–water partition coefficient (Wildman–Crippen LogP) is 1.44. The number of hydrogen-bond acceptors (Lipinski definition) is 3. The van der Waals surface area contributed by atoms with Crippen molar-refractivity contribution in [2.24, 2.45) is 0 Å². The van der Waals surface area contributed by atoms with Crippen LogP contribution in [-0.2, 0) is 4.79 Å². The van der Waals surface area contributed by atoms with Gasteiger partial charge < -0.3 is 15.6 Å². The van der Waals surface area contributed by atoms with Gasteiger partial charge in [-0.3, -0.25) is 4.79 Å². The summed E-state index contributed by atoms with van der Waals surface area (Å²) in [6.07, 6.45) is 0.464. The fourth-order valence-corrected chi connectivity index (χ4v) is 2.60. The Morgan fingerprint density at radius 3 is 3.06 bits per heavy atom. The molecule has 0 saturated carbocycles. The topological polar surface area (TPSA) is 72.9 Å². The number of fused-ring (bicyclic) bond motifs is 1. The second kappa shape index (κ2) is 3.73. The molecule has 3 N–H and O–H groups in total. The van der Waals surface area contributed by atoms with Crippen LogP contribution in [0.4, 0.5) is 5.95 Å². The SMILES string of the molecule is Nc1nc2cc(Br)ccc2n1C1CNC(=O)C1. The molecule has 1 unspecified atom stereocenters. The molecule has 5 nitrogen and oxygen atoms in total. The van der Waals surface area contributed by atoms with Crippen LogP contribution in [0.25, 0.3) is 11.0 Å². The maximum absolute atomic E-state index is 11.3. The van der Waals surface area contributed by atoms with Gasteiger partial charge in [0.1, 0.15) is 0 Å². The first kappa shape index (κ1) is 10.6. The van der Waals surface area contributed by atoms with Gasteiger partial charge in [-0.25, -0.2) is 4.98 Å². The van der Waals surface area contributed by atoms with Gasteiger partial charge >= 0.3 is 0 Å². The van der Waals surface area contributed by atoms with Crippen LogP contribution < -0.4 is 11.1 Å². The van der Waals surface area contributed by atoms with Crippen molar-refractivity contribution in [2.75, 3.05) is 12.3 Å². The molecule has 1 aliphatic rings. The Balaban J connectivity index is 2.15. The minimum absolute atomic E-state index is 0.0633. The average Bonchev–Trinajstić information content (AvgIpc) is 2.80. The minimum Gasteiger partial charge on any atom is -0.369 e. The lowest BCUT2D eigenvalue weighted by molar-refractivity contribution is -0.119. The van der Waals surface area contributed by atoms with E-state index in [4.69, 9.17) is 5.73 Å². The van der Waals surface area contributed by atoms with Crippen LogP contribution in [0.1, 0.15) is 12.5 Å². The first-order valence-corrected chi connectivity index (χ1v) is 6.14. The highest BCUT2D eigenvalue weighted by Crippen LogP contribution is 2.28. The van der Waals surface area contributed by atoms with Gasteiger partial charge in [0.05, 0.1) is 17.1 Å². The van der Waals surface area contributed by atoms with Gasteiger partial charge in [-0.1, -0.05) is 15.9 Å². The zero-order valence-corrected chi connectivity index (χ0v) is 10.6. The van der Waals surface area contributed by atoms with Crippen LogP contribution in [0.5, 0.6) is 0 Å². The lowest BCUT2D eigenvalue weighted by atomic mass is 10.2. The molecule has 88 valence electrons. The van der Waals surface area contributed by atoms with E-state index in [1.165, 1.54) is 0 Å². The van der Waals surface area contributed by atoms with Gasteiger partial charge in [-0.2, -0.15) is 0 Å². The first-order chi connectivity index (χ1) is 8.15. The number of nitrogen functional groups attached to an aromatic ring is 1. The molecule has 1 atom stereocenters. The molecule has 6 heteroatoms. The minimum atomic E-state index is 0.0633. The maximum atomic E-state index is 11.3. The summed E-state index contributed by atoms with van der Waals surface area (Å²) in [5.41, 5.74) is 7.73. The van der Waals surface area contributed by atoms with Crippen LogP contribution in [0.3, 0.4) is 0 Å². The fourth-order valence-electron chi connectivity index (χ4n) is 2.25. The van der Waals surface area contributed by atoms with Gasteiger partial charge in [-0.15, -0.1) is 0 Å². The Morgan fingerprint density at radius 1 is 1.53 bits per heavy atom. The highest BCUT2D eigenvalue weighted by atomic mass is 79.9. The molecule has 0 aliphatic carbocycles. The number of nitrogens with zero attached hydrogens (tertiary/aromatic N) is 2. The number of imidazole rings is 1. The second-order valence-corrected chi connectivity index (χ2v) is 5.05. The zero-order chi connectivity index (χ0) is 12.0. The number of carbonyl (C=O) groups excluding carboxylic acids is 1. The number of nitrogens with one attached hydrogen (secondary N) is 1. The number of anilines is 1. The van der Waals surface area contributed by atoms with E-state index in [-0.39, 0.29) is 11.9 Å². The third-order valence-corrected chi connectivity index (χ3v) is 3.49. The Labute approximate surface area is 106 Å². The first-order valence-electron chi connectivity index (χ1n) is 5.35. The largest absolute Gasteiger partial charge is 0.369 e. The Kier molecular flexibility index (Phi) is 2.32. The van der Waals surface area contributed by atoms with E-state index in [9.17, 15) is 4.79 Å². The number of benzene rings is 1. The third kappa shape index (κ3) is 1.68. The highest BCUT2D eigenvalue weighted by Gasteiger charge is 2.26. The summed E-state index contributed by atoms with van der Waals surface area (Å²) >= 11 is 3.40. The summed E-state index contributed by atoms with van der Waals surface area (Å²) < 4.78 is 2.90. The summed E-state index contributed by atoms with van der Waals surface area (Å²) in [7, 11) is 0. The van der Waals surface area contributed by atoms with E-state index in [0.717, 1.165) is 15.5 Å². The van der Waals surface area contributed by atoms with Crippen LogP contribution in [0.15, 0.2) is 22.7 Å². The molecule has 0 spiro atoms. The molecule has 1 aromatic carbocycles. The summed E-state index contributed by atoms with van der Waals surface area (Å²) in [4.78, 5) is 15.6. The van der Waals surface area contributed by atoms with E-state index in [0.29, 0.717) is 18.9 Å². The molecule has 1 aliphatic heterocycles. The molecule has 1 amide bonds. The number of aromatic nitrogens is 2. The molecule has 1 aromatic heterocycles. The van der Waals surface area contributed by atoms with Crippen molar-refractivity contribution in [1.82, 2.24) is 14.9 Å². The van der Waals surface area contributed by atoms with Crippen molar-refractivity contribution in [3.8, 4) is 0 Å². The number of rotatable bonds is 1. The van der Waals surface area contributed by atoms with Gasteiger partial charge in [0.2, 0.25) is 11.9 Å². The van der Waals surface area contributed by atoms with Crippen molar-refractivity contribution in [1.29, 1.82) is 0 Å². The van der Waals surface area contributed by atoms with Crippen LogP contribution >= 0.6 is 15.9 Å². The van der Waals surface area contributed by atoms with Crippen molar-refractivity contribution >= 4 is 38.8 Å². The number of nitrogens with two attached hydrogens (primary N) is 1. The third-order valence-electron chi connectivity index (χ3n) is 3.00. The van der Waals surface area contributed by atoms with E-state index in [2.05, 4.69) is 26.2 Å². The molecule has 17 heavy (non-hydrogen) atoms.